The zero-order valence-corrected chi connectivity index (χ0v) is 13.9. The lowest BCUT2D eigenvalue weighted by atomic mass is 10.0. The second-order valence-electron chi connectivity index (χ2n) is 5.33. The molecule has 1 N–H and O–H groups in total. The van der Waals surface area contributed by atoms with Crippen molar-refractivity contribution in [3.8, 4) is 0 Å². The quantitative estimate of drug-likeness (QED) is 0.843. The third-order valence-electron chi connectivity index (χ3n) is 3.58. The number of sulfone groups is 1. The largest absolute Gasteiger partial charge is 0.282 e. The molecule has 0 saturated carbocycles. The normalized spacial score (nSPS) is 21.8. The Morgan fingerprint density at radius 1 is 1.29 bits per heavy atom. The lowest BCUT2D eigenvalue weighted by Gasteiger charge is -2.35. The van der Waals surface area contributed by atoms with E-state index in [4.69, 9.17) is 0 Å². The average Bonchev–Trinajstić information content (AvgIpc) is 2.87. The minimum absolute atomic E-state index is 0.0633. The molecule has 120 valence electrons. The van der Waals surface area contributed by atoms with Crippen molar-refractivity contribution in [1.82, 2.24) is 18.8 Å². The smallest absolute Gasteiger partial charge is 0.280 e. The number of nitrogens with zero attached hydrogens (tertiary/aromatic N) is 3. The van der Waals surface area contributed by atoms with Crippen LogP contribution in [0.5, 0.6) is 0 Å². The number of rotatable bonds is 4. The highest BCUT2D eigenvalue weighted by molar-refractivity contribution is 7.90. The van der Waals surface area contributed by atoms with Crippen molar-refractivity contribution in [2.24, 2.45) is 0 Å². The van der Waals surface area contributed by atoms with E-state index >= 15 is 0 Å². The van der Waals surface area contributed by atoms with Gasteiger partial charge < -0.3 is 0 Å². The van der Waals surface area contributed by atoms with Crippen molar-refractivity contribution in [2.45, 2.75) is 30.2 Å². The van der Waals surface area contributed by atoms with Gasteiger partial charge in [0.25, 0.3) is 10.2 Å². The summed E-state index contributed by atoms with van der Waals surface area (Å²) in [7, 11) is -4.14. The fourth-order valence-electron chi connectivity index (χ4n) is 2.50. The molecule has 10 heteroatoms. The molecule has 1 saturated heterocycles. The first-order valence-corrected chi connectivity index (χ1v) is 9.87. The van der Waals surface area contributed by atoms with Gasteiger partial charge in [-0.05, 0) is 12.8 Å². The summed E-state index contributed by atoms with van der Waals surface area (Å²) >= 11 is 0. The van der Waals surface area contributed by atoms with E-state index in [1.54, 1.807) is 0 Å². The maximum atomic E-state index is 12.4. The molecule has 0 aliphatic carbocycles. The van der Waals surface area contributed by atoms with E-state index in [0.29, 0.717) is 18.7 Å². The van der Waals surface area contributed by atoms with Crippen LogP contribution in [-0.2, 0) is 20.0 Å². The topological polar surface area (TPSA) is 103 Å². The summed E-state index contributed by atoms with van der Waals surface area (Å²) < 4.78 is 50.9. The van der Waals surface area contributed by atoms with Gasteiger partial charge in [0.15, 0.2) is 9.84 Å². The Balaban J connectivity index is 2.49. The Hall–Kier alpha value is -0.970. The Morgan fingerprint density at radius 2 is 1.95 bits per heavy atom. The molecule has 2 heterocycles. The van der Waals surface area contributed by atoms with Crippen molar-refractivity contribution in [3.05, 3.63) is 11.9 Å². The third-order valence-corrected chi connectivity index (χ3v) is 6.65. The molecule has 0 bridgehead atoms. The van der Waals surface area contributed by atoms with Crippen molar-refractivity contribution in [3.63, 3.8) is 0 Å². The summed E-state index contributed by atoms with van der Waals surface area (Å²) in [6.07, 6.45) is 4.49. The number of aromatic amines is 1. The predicted octanol–water partition coefficient (Wildman–Crippen LogP) is 0.147. The van der Waals surface area contributed by atoms with E-state index in [9.17, 15) is 16.8 Å². The van der Waals surface area contributed by atoms with Crippen LogP contribution >= 0.6 is 0 Å². The highest BCUT2D eigenvalue weighted by Gasteiger charge is 2.37. The standard InChI is InChI=1S/C11H20N4O4S2/c1-14(2)21(18,19)15-7-5-4-6-9(15)11-10(8-12-13-11)20(3,16)17/h8-9H,4-7H2,1-3H3,(H,12,13)/t9-/m0/s1. The molecule has 1 aromatic heterocycles. The molecular weight excluding hydrogens is 316 g/mol. The third kappa shape index (κ3) is 3.12. The summed E-state index contributed by atoms with van der Waals surface area (Å²) in [4.78, 5) is 0.0633. The van der Waals surface area contributed by atoms with E-state index in [2.05, 4.69) is 10.2 Å². The summed E-state index contributed by atoms with van der Waals surface area (Å²) in [6.45, 7) is 0.368. The summed E-state index contributed by atoms with van der Waals surface area (Å²) in [5.74, 6) is 0. The van der Waals surface area contributed by atoms with E-state index in [1.165, 1.54) is 24.6 Å². The second kappa shape index (κ2) is 5.67. The van der Waals surface area contributed by atoms with Crippen molar-refractivity contribution in [1.29, 1.82) is 0 Å². The van der Waals surface area contributed by atoms with Crippen LogP contribution in [0.4, 0.5) is 0 Å². The number of aromatic nitrogens is 2. The van der Waals surface area contributed by atoms with Crippen LogP contribution in [0.25, 0.3) is 0 Å². The Kier molecular flexibility index (Phi) is 4.43. The van der Waals surface area contributed by atoms with Gasteiger partial charge in [-0.25, -0.2) is 8.42 Å². The van der Waals surface area contributed by atoms with Gasteiger partial charge >= 0.3 is 0 Å². The maximum Gasteiger partial charge on any atom is 0.282 e. The highest BCUT2D eigenvalue weighted by atomic mass is 32.2. The van der Waals surface area contributed by atoms with Crippen molar-refractivity contribution < 1.29 is 16.8 Å². The molecule has 8 nitrogen and oxygen atoms in total. The Labute approximate surface area is 125 Å². The van der Waals surface area contributed by atoms with Crippen molar-refractivity contribution >= 4 is 20.0 Å². The van der Waals surface area contributed by atoms with Gasteiger partial charge in [-0.1, -0.05) is 6.42 Å². The van der Waals surface area contributed by atoms with E-state index in [-0.39, 0.29) is 4.90 Å². The molecular formula is C11H20N4O4S2. The molecule has 1 aliphatic rings. The highest BCUT2D eigenvalue weighted by Crippen LogP contribution is 2.35. The van der Waals surface area contributed by atoms with Gasteiger partial charge in [-0.3, -0.25) is 5.10 Å². The molecule has 0 amide bonds. The van der Waals surface area contributed by atoms with Gasteiger partial charge in [-0.2, -0.15) is 22.1 Å². The second-order valence-corrected chi connectivity index (χ2v) is 9.41. The van der Waals surface area contributed by atoms with Crippen LogP contribution in [0.3, 0.4) is 0 Å². The number of hydrogen-bond donors (Lipinski definition) is 1. The fraction of sp³-hybridized carbons (Fsp3) is 0.727. The first-order valence-electron chi connectivity index (χ1n) is 6.58. The lowest BCUT2D eigenvalue weighted by Crippen LogP contribution is -2.45. The maximum absolute atomic E-state index is 12.4. The van der Waals surface area contributed by atoms with Crippen LogP contribution in [0.1, 0.15) is 31.0 Å². The molecule has 1 aliphatic heterocycles. The monoisotopic (exact) mass is 336 g/mol. The van der Waals surface area contributed by atoms with E-state index in [0.717, 1.165) is 23.4 Å². The van der Waals surface area contributed by atoms with Crippen LogP contribution < -0.4 is 0 Å². The predicted molar refractivity (Wildman–Crippen MR) is 77.6 cm³/mol. The zero-order valence-electron chi connectivity index (χ0n) is 12.3. The molecule has 0 unspecified atom stereocenters. The number of hydrogen-bond acceptors (Lipinski definition) is 5. The fourth-order valence-corrected chi connectivity index (χ4v) is 4.64. The van der Waals surface area contributed by atoms with Crippen molar-refractivity contribution in [2.75, 3.05) is 26.9 Å². The number of nitrogens with one attached hydrogen (secondary N) is 1. The van der Waals surface area contributed by atoms with Crippen LogP contribution in [-0.4, -0.2) is 62.5 Å². The summed E-state index contributed by atoms with van der Waals surface area (Å²) in [5, 5.41) is 6.46. The minimum atomic E-state index is -3.61. The SMILES string of the molecule is CN(C)S(=O)(=O)N1CCCC[C@H]1c1[nH]ncc1S(C)(=O)=O. The lowest BCUT2D eigenvalue weighted by molar-refractivity contribution is 0.236. The molecule has 0 aromatic carbocycles. The van der Waals surface area contributed by atoms with Gasteiger partial charge in [0.2, 0.25) is 0 Å². The van der Waals surface area contributed by atoms with Gasteiger partial charge in [0.1, 0.15) is 4.90 Å². The van der Waals surface area contributed by atoms with Crippen LogP contribution in [0.15, 0.2) is 11.1 Å². The molecule has 1 atom stereocenters. The summed E-state index contributed by atoms with van der Waals surface area (Å²) in [6, 6.07) is -0.529. The molecule has 1 aromatic rings. The van der Waals surface area contributed by atoms with Gasteiger partial charge in [0, 0.05) is 26.9 Å². The van der Waals surface area contributed by atoms with Gasteiger partial charge in [-0.15, -0.1) is 0 Å². The van der Waals surface area contributed by atoms with Gasteiger partial charge in [0.05, 0.1) is 17.9 Å². The van der Waals surface area contributed by atoms with Crippen LogP contribution in [0, 0.1) is 0 Å². The Morgan fingerprint density at radius 3 is 2.52 bits per heavy atom. The number of H-pyrrole nitrogens is 1. The Bertz CT molecular complexity index is 708. The number of piperidine rings is 1. The minimum Gasteiger partial charge on any atom is -0.280 e. The first kappa shape index (κ1) is 16.4. The average molecular weight is 336 g/mol. The molecule has 21 heavy (non-hydrogen) atoms. The molecule has 0 spiro atoms. The van der Waals surface area contributed by atoms with E-state index in [1.807, 2.05) is 0 Å². The molecule has 2 rings (SSSR count). The zero-order chi connectivity index (χ0) is 15.8. The van der Waals surface area contributed by atoms with Crippen LogP contribution in [0.2, 0.25) is 0 Å². The molecule has 0 radical (unpaired) electrons. The summed E-state index contributed by atoms with van der Waals surface area (Å²) in [5.41, 5.74) is 0.350. The first-order chi connectivity index (χ1) is 9.65. The van der Waals surface area contributed by atoms with E-state index < -0.39 is 26.1 Å². The molecule has 1 fully saturated rings.